The Balaban J connectivity index is 1.93. The molecule has 1 aromatic carbocycles. The standard InChI is InChI=1S/C15H16FNO3/c1-10(11-3-5-13(16)6-4-11)17-8-14-7-12(9-20-14)15(18)19-2/h3-7,9-10,17H,8H2,1-2H3/t10-/m1/s1. The fourth-order valence-electron chi connectivity index (χ4n) is 1.82. The molecule has 2 rings (SSSR count). The van der Waals surface area contributed by atoms with Crippen molar-refractivity contribution in [2.24, 2.45) is 0 Å². The summed E-state index contributed by atoms with van der Waals surface area (Å²) in [5.74, 6) is -0.0411. The van der Waals surface area contributed by atoms with Crippen LogP contribution < -0.4 is 5.32 Å². The number of hydrogen-bond acceptors (Lipinski definition) is 4. The number of furan rings is 1. The number of rotatable bonds is 5. The number of methoxy groups -OCH3 is 1. The molecule has 0 saturated heterocycles. The minimum Gasteiger partial charge on any atom is -0.467 e. The van der Waals surface area contributed by atoms with E-state index in [0.717, 1.165) is 5.56 Å². The lowest BCUT2D eigenvalue weighted by Gasteiger charge is -2.13. The van der Waals surface area contributed by atoms with Crippen LogP contribution in [-0.2, 0) is 11.3 Å². The lowest BCUT2D eigenvalue weighted by atomic mass is 10.1. The fraction of sp³-hybridized carbons (Fsp3) is 0.267. The van der Waals surface area contributed by atoms with Gasteiger partial charge in [0, 0.05) is 6.04 Å². The number of esters is 1. The van der Waals surface area contributed by atoms with Gasteiger partial charge in [-0.05, 0) is 30.7 Å². The van der Waals surface area contributed by atoms with E-state index in [2.05, 4.69) is 10.1 Å². The van der Waals surface area contributed by atoms with E-state index < -0.39 is 5.97 Å². The zero-order valence-electron chi connectivity index (χ0n) is 11.4. The summed E-state index contributed by atoms with van der Waals surface area (Å²) < 4.78 is 22.7. The van der Waals surface area contributed by atoms with Crippen LogP contribution in [0.15, 0.2) is 41.0 Å². The van der Waals surface area contributed by atoms with Crippen LogP contribution in [0.1, 0.15) is 34.6 Å². The van der Waals surface area contributed by atoms with Crippen molar-refractivity contribution in [1.29, 1.82) is 0 Å². The molecule has 106 valence electrons. The van der Waals surface area contributed by atoms with Gasteiger partial charge < -0.3 is 14.5 Å². The van der Waals surface area contributed by atoms with Gasteiger partial charge in [-0.25, -0.2) is 9.18 Å². The number of benzene rings is 1. The van der Waals surface area contributed by atoms with Gasteiger partial charge in [-0.15, -0.1) is 0 Å². The maximum Gasteiger partial charge on any atom is 0.341 e. The number of ether oxygens (including phenoxy) is 1. The Labute approximate surface area is 116 Å². The molecular weight excluding hydrogens is 261 g/mol. The predicted molar refractivity (Wildman–Crippen MR) is 71.7 cm³/mol. The van der Waals surface area contributed by atoms with E-state index in [1.54, 1.807) is 18.2 Å². The van der Waals surface area contributed by atoms with Gasteiger partial charge in [0.2, 0.25) is 0 Å². The van der Waals surface area contributed by atoms with E-state index in [1.807, 2.05) is 6.92 Å². The maximum absolute atomic E-state index is 12.8. The molecule has 0 spiro atoms. The topological polar surface area (TPSA) is 51.5 Å². The van der Waals surface area contributed by atoms with Crippen LogP contribution >= 0.6 is 0 Å². The van der Waals surface area contributed by atoms with Crippen LogP contribution in [0.25, 0.3) is 0 Å². The van der Waals surface area contributed by atoms with Crippen LogP contribution in [0, 0.1) is 5.82 Å². The third kappa shape index (κ3) is 3.45. The van der Waals surface area contributed by atoms with Gasteiger partial charge >= 0.3 is 5.97 Å². The van der Waals surface area contributed by atoms with Crippen LogP contribution in [0.4, 0.5) is 4.39 Å². The van der Waals surface area contributed by atoms with Crippen molar-refractivity contribution in [2.75, 3.05) is 7.11 Å². The monoisotopic (exact) mass is 277 g/mol. The van der Waals surface area contributed by atoms with Gasteiger partial charge in [0.1, 0.15) is 17.8 Å². The van der Waals surface area contributed by atoms with Crippen LogP contribution in [0.3, 0.4) is 0 Å². The van der Waals surface area contributed by atoms with Gasteiger partial charge in [0.15, 0.2) is 0 Å². The normalized spacial score (nSPS) is 12.2. The second kappa shape index (κ2) is 6.34. The van der Waals surface area contributed by atoms with E-state index in [4.69, 9.17) is 4.42 Å². The third-order valence-electron chi connectivity index (χ3n) is 3.03. The molecule has 4 nitrogen and oxygen atoms in total. The predicted octanol–water partition coefficient (Wildman–Crippen LogP) is 3.06. The van der Waals surface area contributed by atoms with Crippen LogP contribution in [-0.4, -0.2) is 13.1 Å². The van der Waals surface area contributed by atoms with Gasteiger partial charge in [0.05, 0.1) is 19.2 Å². The van der Waals surface area contributed by atoms with Gasteiger partial charge in [-0.2, -0.15) is 0 Å². The molecule has 0 saturated carbocycles. The first-order valence-corrected chi connectivity index (χ1v) is 6.24. The summed E-state index contributed by atoms with van der Waals surface area (Å²) in [6, 6.07) is 7.99. The fourth-order valence-corrected chi connectivity index (χ4v) is 1.82. The van der Waals surface area contributed by atoms with Gasteiger partial charge in [-0.3, -0.25) is 0 Å². The summed E-state index contributed by atoms with van der Waals surface area (Å²) in [4.78, 5) is 11.3. The Bertz CT molecular complexity index is 577. The summed E-state index contributed by atoms with van der Waals surface area (Å²) in [5.41, 5.74) is 1.37. The van der Waals surface area contributed by atoms with Crippen molar-refractivity contribution in [3.8, 4) is 0 Å². The summed E-state index contributed by atoms with van der Waals surface area (Å²) >= 11 is 0. The summed E-state index contributed by atoms with van der Waals surface area (Å²) in [5, 5.41) is 3.24. The molecule has 0 aliphatic heterocycles. The SMILES string of the molecule is COC(=O)c1coc(CN[C@H](C)c2ccc(F)cc2)c1. The first-order valence-electron chi connectivity index (χ1n) is 6.24. The highest BCUT2D eigenvalue weighted by Crippen LogP contribution is 2.15. The Morgan fingerprint density at radius 3 is 2.75 bits per heavy atom. The van der Waals surface area contributed by atoms with Crippen molar-refractivity contribution in [1.82, 2.24) is 5.32 Å². The number of carbonyl (C=O) groups excluding carboxylic acids is 1. The Morgan fingerprint density at radius 1 is 1.40 bits per heavy atom. The zero-order chi connectivity index (χ0) is 14.5. The summed E-state index contributed by atoms with van der Waals surface area (Å²) in [7, 11) is 1.32. The Kier molecular flexibility index (Phi) is 4.53. The molecule has 2 aromatic rings. The van der Waals surface area contributed by atoms with Gasteiger partial charge in [-0.1, -0.05) is 12.1 Å². The maximum atomic E-state index is 12.8. The molecule has 1 aromatic heterocycles. The number of halogens is 1. The lowest BCUT2D eigenvalue weighted by molar-refractivity contribution is 0.0600. The molecule has 0 radical (unpaired) electrons. The van der Waals surface area contributed by atoms with Crippen molar-refractivity contribution < 1.29 is 18.3 Å². The molecule has 5 heteroatoms. The molecule has 1 atom stereocenters. The molecule has 1 heterocycles. The molecule has 0 bridgehead atoms. The highest BCUT2D eigenvalue weighted by atomic mass is 19.1. The molecule has 0 aliphatic rings. The van der Waals surface area contributed by atoms with E-state index >= 15 is 0 Å². The quantitative estimate of drug-likeness (QED) is 0.853. The smallest absolute Gasteiger partial charge is 0.341 e. The van der Waals surface area contributed by atoms with Crippen molar-refractivity contribution in [3.05, 3.63) is 59.3 Å². The molecule has 1 N–H and O–H groups in total. The molecule has 0 aliphatic carbocycles. The average Bonchev–Trinajstić information content (AvgIpc) is 2.93. The van der Waals surface area contributed by atoms with E-state index in [0.29, 0.717) is 17.9 Å². The molecule has 0 amide bonds. The minimum absolute atomic E-state index is 0.0438. The number of hydrogen-bond donors (Lipinski definition) is 1. The van der Waals surface area contributed by atoms with Crippen molar-refractivity contribution >= 4 is 5.97 Å². The highest BCUT2D eigenvalue weighted by molar-refractivity contribution is 5.88. The highest BCUT2D eigenvalue weighted by Gasteiger charge is 2.11. The Morgan fingerprint density at radius 2 is 2.10 bits per heavy atom. The second-order valence-corrected chi connectivity index (χ2v) is 4.45. The average molecular weight is 277 g/mol. The first kappa shape index (κ1) is 14.3. The molecule has 20 heavy (non-hydrogen) atoms. The summed E-state index contributed by atoms with van der Waals surface area (Å²) in [6.45, 7) is 2.44. The first-order chi connectivity index (χ1) is 9.60. The molecular formula is C15H16FNO3. The van der Waals surface area contributed by atoms with Gasteiger partial charge in [0.25, 0.3) is 0 Å². The van der Waals surface area contributed by atoms with E-state index in [9.17, 15) is 9.18 Å². The third-order valence-corrected chi connectivity index (χ3v) is 3.03. The number of nitrogens with one attached hydrogen (secondary N) is 1. The molecule has 0 unspecified atom stereocenters. The van der Waals surface area contributed by atoms with E-state index in [1.165, 1.54) is 25.5 Å². The number of carbonyl (C=O) groups is 1. The summed E-state index contributed by atoms with van der Waals surface area (Å²) in [6.07, 6.45) is 1.37. The van der Waals surface area contributed by atoms with E-state index in [-0.39, 0.29) is 11.9 Å². The minimum atomic E-state index is -0.424. The molecule has 0 fully saturated rings. The van der Waals surface area contributed by atoms with Crippen molar-refractivity contribution in [2.45, 2.75) is 19.5 Å². The largest absolute Gasteiger partial charge is 0.467 e. The second-order valence-electron chi connectivity index (χ2n) is 4.45. The van der Waals surface area contributed by atoms with Crippen molar-refractivity contribution in [3.63, 3.8) is 0 Å². The lowest BCUT2D eigenvalue weighted by Crippen LogP contribution is -2.17. The van der Waals surface area contributed by atoms with Crippen LogP contribution in [0.2, 0.25) is 0 Å². The van der Waals surface area contributed by atoms with Crippen LogP contribution in [0.5, 0.6) is 0 Å². The Hall–Kier alpha value is -2.14. The zero-order valence-corrected chi connectivity index (χ0v) is 11.4.